The van der Waals surface area contributed by atoms with E-state index < -0.39 is 5.54 Å². The van der Waals surface area contributed by atoms with E-state index in [0.717, 1.165) is 32.5 Å². The SMILES string of the molecule is CC1CCCCN1C(=O)CN1CCN(C(=O)C2(N)CCOCC2)CC1. The maximum Gasteiger partial charge on any atom is 0.242 e. The van der Waals surface area contributed by atoms with Crippen molar-refractivity contribution in [1.82, 2.24) is 14.7 Å². The van der Waals surface area contributed by atoms with Gasteiger partial charge in [-0.2, -0.15) is 0 Å². The number of likely N-dealkylation sites (tertiary alicyclic amines) is 1. The van der Waals surface area contributed by atoms with Crippen molar-refractivity contribution in [1.29, 1.82) is 0 Å². The van der Waals surface area contributed by atoms with Crippen molar-refractivity contribution in [3.8, 4) is 0 Å². The molecule has 142 valence electrons. The Labute approximate surface area is 150 Å². The van der Waals surface area contributed by atoms with Gasteiger partial charge in [0, 0.05) is 52.0 Å². The number of rotatable bonds is 3. The van der Waals surface area contributed by atoms with E-state index in [2.05, 4.69) is 11.8 Å². The normalized spacial score (nSPS) is 28.0. The van der Waals surface area contributed by atoms with Gasteiger partial charge < -0.3 is 20.3 Å². The summed E-state index contributed by atoms with van der Waals surface area (Å²) in [6, 6.07) is 0.356. The van der Waals surface area contributed by atoms with Gasteiger partial charge in [-0.1, -0.05) is 0 Å². The number of nitrogens with zero attached hydrogens (tertiary/aromatic N) is 3. The molecular weight excluding hydrogens is 320 g/mol. The molecule has 3 saturated heterocycles. The average molecular weight is 352 g/mol. The molecule has 0 aromatic carbocycles. The number of piperidine rings is 1. The molecule has 25 heavy (non-hydrogen) atoms. The van der Waals surface area contributed by atoms with Crippen molar-refractivity contribution in [3.63, 3.8) is 0 Å². The Hall–Kier alpha value is -1.18. The zero-order chi connectivity index (χ0) is 17.9. The Morgan fingerprint density at radius 2 is 1.76 bits per heavy atom. The summed E-state index contributed by atoms with van der Waals surface area (Å²) in [6.45, 7) is 7.41. The van der Waals surface area contributed by atoms with Gasteiger partial charge >= 0.3 is 0 Å². The van der Waals surface area contributed by atoms with E-state index >= 15 is 0 Å². The molecule has 0 aromatic heterocycles. The average Bonchev–Trinajstić information content (AvgIpc) is 2.62. The monoisotopic (exact) mass is 352 g/mol. The molecule has 0 aliphatic carbocycles. The number of hydrogen-bond acceptors (Lipinski definition) is 5. The van der Waals surface area contributed by atoms with Crippen LogP contribution >= 0.6 is 0 Å². The molecule has 3 heterocycles. The second-order valence-corrected chi connectivity index (χ2v) is 7.77. The Bertz CT molecular complexity index is 485. The molecule has 7 heteroatoms. The van der Waals surface area contributed by atoms with E-state index in [-0.39, 0.29) is 11.8 Å². The molecule has 0 bridgehead atoms. The highest BCUT2D eigenvalue weighted by molar-refractivity contribution is 5.86. The van der Waals surface area contributed by atoms with E-state index in [4.69, 9.17) is 10.5 Å². The fourth-order valence-corrected chi connectivity index (χ4v) is 4.12. The Morgan fingerprint density at radius 1 is 1.08 bits per heavy atom. The first-order valence-corrected chi connectivity index (χ1v) is 9.67. The predicted molar refractivity (Wildman–Crippen MR) is 95.0 cm³/mol. The largest absolute Gasteiger partial charge is 0.381 e. The van der Waals surface area contributed by atoms with Crippen LogP contribution in [0.15, 0.2) is 0 Å². The van der Waals surface area contributed by atoms with Crippen LogP contribution in [0.3, 0.4) is 0 Å². The maximum absolute atomic E-state index is 12.7. The molecular formula is C18H32N4O3. The van der Waals surface area contributed by atoms with E-state index in [9.17, 15) is 9.59 Å². The van der Waals surface area contributed by atoms with Crippen LogP contribution in [0, 0.1) is 0 Å². The van der Waals surface area contributed by atoms with Gasteiger partial charge in [-0.15, -0.1) is 0 Å². The first kappa shape index (κ1) is 18.6. The number of nitrogens with two attached hydrogens (primary N) is 1. The second-order valence-electron chi connectivity index (χ2n) is 7.77. The predicted octanol–water partition coefficient (Wildman–Crippen LogP) is 0.0395. The summed E-state index contributed by atoms with van der Waals surface area (Å²) in [4.78, 5) is 31.4. The quantitative estimate of drug-likeness (QED) is 0.776. The lowest BCUT2D eigenvalue weighted by Gasteiger charge is -2.41. The molecule has 0 spiro atoms. The van der Waals surface area contributed by atoms with Crippen LogP contribution in [0.2, 0.25) is 0 Å². The fraction of sp³-hybridized carbons (Fsp3) is 0.889. The minimum Gasteiger partial charge on any atom is -0.381 e. The van der Waals surface area contributed by atoms with Crippen LogP contribution < -0.4 is 5.73 Å². The van der Waals surface area contributed by atoms with Crippen LogP contribution in [0.25, 0.3) is 0 Å². The standard InChI is InChI=1S/C18H32N4O3/c1-15-4-2-3-7-22(15)16(23)14-20-8-10-21(11-9-20)17(24)18(19)5-12-25-13-6-18/h15H,2-14,19H2,1H3. The molecule has 0 saturated carbocycles. The van der Waals surface area contributed by atoms with Crippen molar-refractivity contribution in [3.05, 3.63) is 0 Å². The van der Waals surface area contributed by atoms with Gasteiger partial charge in [-0.05, 0) is 39.0 Å². The van der Waals surface area contributed by atoms with E-state index in [1.807, 2.05) is 9.80 Å². The zero-order valence-corrected chi connectivity index (χ0v) is 15.4. The molecule has 3 rings (SSSR count). The van der Waals surface area contributed by atoms with Gasteiger partial charge in [0.1, 0.15) is 0 Å². The minimum absolute atomic E-state index is 0.0476. The summed E-state index contributed by atoms with van der Waals surface area (Å²) in [5, 5.41) is 0. The number of piperazine rings is 1. The maximum atomic E-state index is 12.7. The molecule has 1 unspecified atom stereocenters. The third-order valence-electron chi connectivity index (χ3n) is 5.95. The van der Waals surface area contributed by atoms with Crippen LogP contribution in [-0.4, -0.2) is 90.6 Å². The molecule has 0 aromatic rings. The van der Waals surface area contributed by atoms with Crippen molar-refractivity contribution in [2.24, 2.45) is 5.73 Å². The smallest absolute Gasteiger partial charge is 0.242 e. The Kier molecular flexibility index (Phi) is 5.96. The zero-order valence-electron chi connectivity index (χ0n) is 15.4. The van der Waals surface area contributed by atoms with Crippen molar-refractivity contribution in [2.45, 2.75) is 50.6 Å². The summed E-state index contributed by atoms with van der Waals surface area (Å²) in [7, 11) is 0. The molecule has 3 fully saturated rings. The fourth-order valence-electron chi connectivity index (χ4n) is 4.12. The highest BCUT2D eigenvalue weighted by Crippen LogP contribution is 2.22. The molecule has 3 aliphatic heterocycles. The van der Waals surface area contributed by atoms with Crippen molar-refractivity contribution in [2.75, 3.05) is 52.5 Å². The van der Waals surface area contributed by atoms with Crippen LogP contribution in [0.4, 0.5) is 0 Å². The van der Waals surface area contributed by atoms with E-state index in [1.54, 1.807) is 0 Å². The van der Waals surface area contributed by atoms with Crippen LogP contribution in [0.5, 0.6) is 0 Å². The topological polar surface area (TPSA) is 79.1 Å². The van der Waals surface area contributed by atoms with Gasteiger partial charge in [0.05, 0.1) is 12.1 Å². The number of hydrogen-bond donors (Lipinski definition) is 1. The molecule has 1 atom stereocenters. The van der Waals surface area contributed by atoms with Gasteiger partial charge in [-0.25, -0.2) is 0 Å². The highest BCUT2D eigenvalue weighted by atomic mass is 16.5. The lowest BCUT2D eigenvalue weighted by atomic mass is 9.89. The third kappa shape index (κ3) is 4.33. The van der Waals surface area contributed by atoms with Crippen LogP contribution in [-0.2, 0) is 14.3 Å². The Morgan fingerprint density at radius 3 is 2.40 bits per heavy atom. The molecule has 2 amide bonds. The van der Waals surface area contributed by atoms with Gasteiger partial charge in [0.15, 0.2) is 0 Å². The molecule has 7 nitrogen and oxygen atoms in total. The first-order chi connectivity index (χ1) is 12.0. The number of ether oxygens (including phenoxy) is 1. The number of amides is 2. The molecule has 0 radical (unpaired) electrons. The number of carbonyl (C=O) groups excluding carboxylic acids is 2. The minimum atomic E-state index is -0.764. The lowest BCUT2D eigenvalue weighted by molar-refractivity contribution is -0.143. The molecule has 3 aliphatic rings. The Balaban J connectivity index is 1.47. The lowest BCUT2D eigenvalue weighted by Crippen LogP contribution is -2.61. The summed E-state index contributed by atoms with van der Waals surface area (Å²) in [6.07, 6.45) is 4.63. The summed E-state index contributed by atoms with van der Waals surface area (Å²) in [5.74, 6) is 0.276. The summed E-state index contributed by atoms with van der Waals surface area (Å²) in [5.41, 5.74) is 5.55. The van der Waals surface area contributed by atoms with Crippen molar-refractivity contribution >= 4 is 11.8 Å². The number of carbonyl (C=O) groups is 2. The van der Waals surface area contributed by atoms with Crippen LogP contribution in [0.1, 0.15) is 39.0 Å². The first-order valence-electron chi connectivity index (χ1n) is 9.67. The van der Waals surface area contributed by atoms with Gasteiger partial charge in [0.2, 0.25) is 11.8 Å². The van der Waals surface area contributed by atoms with Gasteiger partial charge in [-0.3, -0.25) is 14.5 Å². The van der Waals surface area contributed by atoms with Crippen molar-refractivity contribution < 1.29 is 14.3 Å². The van der Waals surface area contributed by atoms with E-state index in [0.29, 0.717) is 51.7 Å². The highest BCUT2D eigenvalue weighted by Gasteiger charge is 2.40. The summed E-state index contributed by atoms with van der Waals surface area (Å²) >= 11 is 0. The van der Waals surface area contributed by atoms with E-state index in [1.165, 1.54) is 6.42 Å². The summed E-state index contributed by atoms with van der Waals surface area (Å²) < 4.78 is 5.33. The third-order valence-corrected chi connectivity index (χ3v) is 5.95. The van der Waals surface area contributed by atoms with Gasteiger partial charge in [0.25, 0.3) is 0 Å². The second kappa shape index (κ2) is 8.01. The molecule has 2 N–H and O–H groups in total.